The molecule has 1 rings (SSSR count). The standard InChI is InChI=1S/C10H16ClN3O2/c1-12(6-4-5-11)8-7-9(15)14(3)10(16)13(8)2/h7H,4-6H2,1-3H3. The van der Waals surface area contributed by atoms with Gasteiger partial charge >= 0.3 is 5.69 Å². The maximum Gasteiger partial charge on any atom is 0.332 e. The maximum absolute atomic E-state index is 11.7. The number of halogens is 1. The first-order chi connectivity index (χ1) is 7.49. The molecule has 0 aliphatic carbocycles. The third-order valence-electron chi connectivity index (χ3n) is 2.52. The fourth-order valence-corrected chi connectivity index (χ4v) is 1.62. The first-order valence-corrected chi connectivity index (χ1v) is 5.56. The molecule has 0 fully saturated rings. The molecule has 0 bridgehead atoms. The molecule has 5 nitrogen and oxygen atoms in total. The second kappa shape index (κ2) is 5.21. The summed E-state index contributed by atoms with van der Waals surface area (Å²) in [5, 5.41) is 0. The largest absolute Gasteiger partial charge is 0.361 e. The van der Waals surface area contributed by atoms with Gasteiger partial charge in [0.2, 0.25) is 0 Å². The molecule has 0 radical (unpaired) electrons. The summed E-state index contributed by atoms with van der Waals surface area (Å²) in [6.07, 6.45) is 0.807. The summed E-state index contributed by atoms with van der Waals surface area (Å²) in [7, 11) is 4.95. The van der Waals surface area contributed by atoms with Crippen LogP contribution in [-0.4, -0.2) is 28.6 Å². The van der Waals surface area contributed by atoms with Crippen LogP contribution in [0, 0.1) is 0 Å². The van der Waals surface area contributed by atoms with E-state index in [1.807, 2.05) is 11.9 Å². The minimum absolute atomic E-state index is 0.296. The Kier molecular flexibility index (Phi) is 4.18. The van der Waals surface area contributed by atoms with Gasteiger partial charge in [-0.05, 0) is 6.42 Å². The number of nitrogens with zero attached hydrogens (tertiary/aromatic N) is 3. The molecule has 1 heterocycles. The van der Waals surface area contributed by atoms with Crippen LogP contribution in [-0.2, 0) is 14.1 Å². The van der Waals surface area contributed by atoms with Crippen molar-refractivity contribution in [3.05, 3.63) is 26.9 Å². The van der Waals surface area contributed by atoms with Gasteiger partial charge in [0, 0.05) is 39.6 Å². The Morgan fingerprint density at radius 2 is 1.94 bits per heavy atom. The zero-order chi connectivity index (χ0) is 12.3. The van der Waals surface area contributed by atoms with Crippen LogP contribution in [0.1, 0.15) is 6.42 Å². The molecule has 6 heteroatoms. The molecule has 0 aliphatic rings. The highest BCUT2D eigenvalue weighted by molar-refractivity contribution is 6.17. The first kappa shape index (κ1) is 12.8. The van der Waals surface area contributed by atoms with Gasteiger partial charge in [-0.25, -0.2) is 4.79 Å². The molecule has 0 aromatic carbocycles. The van der Waals surface area contributed by atoms with E-state index in [9.17, 15) is 9.59 Å². The van der Waals surface area contributed by atoms with Crippen LogP contribution >= 0.6 is 11.6 Å². The average Bonchev–Trinajstić information content (AvgIpc) is 2.28. The van der Waals surface area contributed by atoms with E-state index >= 15 is 0 Å². The van der Waals surface area contributed by atoms with Crippen molar-refractivity contribution in [3.63, 3.8) is 0 Å². The molecular formula is C10H16ClN3O2. The number of hydrogen-bond donors (Lipinski definition) is 0. The van der Waals surface area contributed by atoms with Crippen LogP contribution in [0.25, 0.3) is 0 Å². The number of aromatic nitrogens is 2. The van der Waals surface area contributed by atoms with E-state index in [1.165, 1.54) is 17.7 Å². The maximum atomic E-state index is 11.7. The van der Waals surface area contributed by atoms with E-state index in [0.717, 1.165) is 11.0 Å². The summed E-state index contributed by atoms with van der Waals surface area (Å²) in [4.78, 5) is 25.0. The molecule has 0 unspecified atom stereocenters. The summed E-state index contributed by atoms with van der Waals surface area (Å²) in [6, 6.07) is 1.45. The minimum atomic E-state index is -0.319. The number of alkyl halides is 1. The van der Waals surface area contributed by atoms with Crippen molar-refractivity contribution < 1.29 is 0 Å². The van der Waals surface area contributed by atoms with Gasteiger partial charge in [0.25, 0.3) is 5.56 Å². The van der Waals surface area contributed by atoms with E-state index in [0.29, 0.717) is 18.2 Å². The van der Waals surface area contributed by atoms with E-state index in [1.54, 1.807) is 7.05 Å². The zero-order valence-corrected chi connectivity index (χ0v) is 10.5. The van der Waals surface area contributed by atoms with Gasteiger partial charge in [0.05, 0.1) is 0 Å². The van der Waals surface area contributed by atoms with Crippen molar-refractivity contribution in [1.29, 1.82) is 0 Å². The lowest BCUT2D eigenvalue weighted by Gasteiger charge is -2.21. The molecule has 0 amide bonds. The summed E-state index contributed by atoms with van der Waals surface area (Å²) in [6.45, 7) is 0.712. The Hall–Kier alpha value is -1.23. The van der Waals surface area contributed by atoms with Crippen molar-refractivity contribution in [2.45, 2.75) is 6.42 Å². The Bertz CT molecular complexity index is 478. The van der Waals surface area contributed by atoms with Crippen LogP contribution in [0.3, 0.4) is 0 Å². The quantitative estimate of drug-likeness (QED) is 0.710. The Morgan fingerprint density at radius 3 is 2.50 bits per heavy atom. The predicted molar refractivity (Wildman–Crippen MR) is 65.5 cm³/mol. The lowest BCUT2D eigenvalue weighted by atomic mass is 10.4. The number of anilines is 1. The minimum Gasteiger partial charge on any atom is -0.361 e. The third kappa shape index (κ3) is 2.47. The van der Waals surface area contributed by atoms with Crippen molar-refractivity contribution in [3.8, 4) is 0 Å². The van der Waals surface area contributed by atoms with Gasteiger partial charge in [-0.1, -0.05) is 0 Å². The average molecular weight is 246 g/mol. The lowest BCUT2D eigenvalue weighted by Crippen LogP contribution is -2.39. The van der Waals surface area contributed by atoms with E-state index in [4.69, 9.17) is 11.6 Å². The van der Waals surface area contributed by atoms with Crippen LogP contribution in [0.5, 0.6) is 0 Å². The molecule has 0 aliphatic heterocycles. The number of rotatable bonds is 4. The number of hydrogen-bond acceptors (Lipinski definition) is 3. The predicted octanol–water partition coefficient (Wildman–Crippen LogP) is 0.149. The molecule has 16 heavy (non-hydrogen) atoms. The highest BCUT2D eigenvalue weighted by Crippen LogP contribution is 2.06. The highest BCUT2D eigenvalue weighted by atomic mass is 35.5. The molecule has 0 N–H and O–H groups in total. The smallest absolute Gasteiger partial charge is 0.332 e. The van der Waals surface area contributed by atoms with Crippen molar-refractivity contribution in [2.75, 3.05) is 24.4 Å². The second-order valence-electron chi connectivity index (χ2n) is 3.71. The van der Waals surface area contributed by atoms with E-state index in [-0.39, 0.29) is 11.2 Å². The molecule has 0 spiro atoms. The van der Waals surface area contributed by atoms with Gasteiger partial charge in [0.15, 0.2) is 0 Å². The van der Waals surface area contributed by atoms with Crippen molar-refractivity contribution in [1.82, 2.24) is 9.13 Å². The monoisotopic (exact) mass is 245 g/mol. The molecule has 1 aromatic rings. The Balaban J connectivity index is 3.15. The fraction of sp³-hybridized carbons (Fsp3) is 0.600. The summed E-state index contributed by atoms with van der Waals surface area (Å²) >= 11 is 5.60. The Morgan fingerprint density at radius 1 is 1.31 bits per heavy atom. The van der Waals surface area contributed by atoms with Crippen LogP contribution in [0.15, 0.2) is 15.7 Å². The normalized spacial score (nSPS) is 10.5. The summed E-state index contributed by atoms with van der Waals surface area (Å²) < 4.78 is 2.54. The van der Waals surface area contributed by atoms with Gasteiger partial charge in [-0.15, -0.1) is 11.6 Å². The topological polar surface area (TPSA) is 47.2 Å². The summed E-state index contributed by atoms with van der Waals surface area (Å²) in [5.41, 5.74) is -0.615. The van der Waals surface area contributed by atoms with Crippen molar-refractivity contribution in [2.24, 2.45) is 14.1 Å². The molecule has 0 atom stereocenters. The highest BCUT2D eigenvalue weighted by Gasteiger charge is 2.09. The van der Waals surface area contributed by atoms with Gasteiger partial charge in [-0.2, -0.15) is 0 Å². The molecule has 0 saturated carbocycles. The van der Waals surface area contributed by atoms with Gasteiger partial charge in [-0.3, -0.25) is 13.9 Å². The SMILES string of the molecule is CN(CCCCl)c1cc(=O)n(C)c(=O)n1C. The summed E-state index contributed by atoms with van der Waals surface area (Å²) in [5.74, 6) is 1.17. The lowest BCUT2D eigenvalue weighted by molar-refractivity contribution is 0.669. The zero-order valence-electron chi connectivity index (χ0n) is 9.73. The molecular weight excluding hydrogens is 230 g/mol. The van der Waals surface area contributed by atoms with Crippen LogP contribution in [0.4, 0.5) is 5.82 Å². The van der Waals surface area contributed by atoms with E-state index < -0.39 is 0 Å². The fourth-order valence-electron chi connectivity index (χ4n) is 1.50. The molecule has 0 saturated heterocycles. The Labute approximate surface area is 98.9 Å². The first-order valence-electron chi connectivity index (χ1n) is 5.03. The van der Waals surface area contributed by atoms with E-state index in [2.05, 4.69) is 0 Å². The van der Waals surface area contributed by atoms with Crippen LogP contribution in [0.2, 0.25) is 0 Å². The van der Waals surface area contributed by atoms with Gasteiger partial charge < -0.3 is 4.90 Å². The molecule has 1 aromatic heterocycles. The van der Waals surface area contributed by atoms with Crippen LogP contribution < -0.4 is 16.1 Å². The molecule has 90 valence electrons. The second-order valence-corrected chi connectivity index (χ2v) is 4.08. The van der Waals surface area contributed by atoms with Gasteiger partial charge in [0.1, 0.15) is 5.82 Å². The third-order valence-corrected chi connectivity index (χ3v) is 2.79. The van der Waals surface area contributed by atoms with Crippen molar-refractivity contribution >= 4 is 17.4 Å².